The van der Waals surface area contributed by atoms with E-state index in [1.54, 1.807) is 0 Å². The second-order valence-electron chi connectivity index (χ2n) is 6.00. The number of halogens is 1. The molecule has 0 saturated carbocycles. The molecule has 0 bridgehead atoms. The van der Waals surface area contributed by atoms with Crippen molar-refractivity contribution in [3.05, 3.63) is 46.5 Å². The van der Waals surface area contributed by atoms with Gasteiger partial charge in [0.15, 0.2) is 0 Å². The second kappa shape index (κ2) is 7.32. The smallest absolute Gasteiger partial charge is 0.242 e. The van der Waals surface area contributed by atoms with Crippen LogP contribution in [-0.2, 0) is 17.9 Å². The first-order valence-corrected chi connectivity index (χ1v) is 8.64. The number of carbonyl (C=O) groups excluding carboxylic acids is 1. The summed E-state index contributed by atoms with van der Waals surface area (Å²) in [6, 6.07) is 7.11. The largest absolute Gasteiger partial charge is 0.353 e. The molecule has 128 valence electrons. The van der Waals surface area contributed by atoms with Gasteiger partial charge in [-0.05, 0) is 25.0 Å². The molecule has 0 aliphatic carbocycles. The van der Waals surface area contributed by atoms with E-state index in [4.69, 9.17) is 11.6 Å². The summed E-state index contributed by atoms with van der Waals surface area (Å²) in [7, 11) is 0. The molecule has 1 amide bonds. The second-order valence-corrected chi connectivity index (χ2v) is 6.41. The SMILES string of the molecule is CCCn1c(C)nnc1CN1CCNC(=O)[C@H]1c1ccccc1Cl. The number of piperazine rings is 1. The van der Waals surface area contributed by atoms with E-state index in [-0.39, 0.29) is 5.91 Å². The van der Waals surface area contributed by atoms with Gasteiger partial charge in [0.05, 0.1) is 6.54 Å². The summed E-state index contributed by atoms with van der Waals surface area (Å²) in [5, 5.41) is 12.0. The normalized spacial score (nSPS) is 18.6. The molecule has 0 radical (unpaired) electrons. The molecule has 2 aromatic rings. The average molecular weight is 348 g/mol. The number of carbonyl (C=O) groups is 1. The third-order valence-corrected chi connectivity index (χ3v) is 4.66. The maximum Gasteiger partial charge on any atom is 0.242 e. The number of aromatic nitrogens is 3. The van der Waals surface area contributed by atoms with Crippen LogP contribution in [0.4, 0.5) is 0 Å². The quantitative estimate of drug-likeness (QED) is 0.901. The number of rotatable bonds is 5. The number of nitrogens with one attached hydrogen (secondary N) is 1. The molecule has 1 fully saturated rings. The monoisotopic (exact) mass is 347 g/mol. The van der Waals surface area contributed by atoms with Crippen LogP contribution in [0.15, 0.2) is 24.3 Å². The summed E-state index contributed by atoms with van der Waals surface area (Å²) in [6.45, 7) is 6.92. The van der Waals surface area contributed by atoms with Gasteiger partial charge in [-0.3, -0.25) is 9.69 Å². The van der Waals surface area contributed by atoms with Crippen molar-refractivity contribution in [2.24, 2.45) is 0 Å². The fraction of sp³-hybridized carbons (Fsp3) is 0.471. The van der Waals surface area contributed by atoms with E-state index in [9.17, 15) is 4.79 Å². The summed E-state index contributed by atoms with van der Waals surface area (Å²) in [6.07, 6.45) is 1.01. The Hall–Kier alpha value is -1.92. The highest BCUT2D eigenvalue weighted by Crippen LogP contribution is 2.30. The van der Waals surface area contributed by atoms with Crippen molar-refractivity contribution in [1.29, 1.82) is 0 Å². The summed E-state index contributed by atoms with van der Waals surface area (Å²) in [5.41, 5.74) is 0.828. The minimum absolute atomic E-state index is 0.0207. The molecule has 0 spiro atoms. The first-order valence-electron chi connectivity index (χ1n) is 8.26. The zero-order valence-corrected chi connectivity index (χ0v) is 14.8. The Balaban J connectivity index is 1.90. The third kappa shape index (κ3) is 3.30. The number of aryl methyl sites for hydroxylation is 1. The van der Waals surface area contributed by atoms with E-state index in [0.29, 0.717) is 18.1 Å². The summed E-state index contributed by atoms with van der Waals surface area (Å²) in [4.78, 5) is 14.6. The van der Waals surface area contributed by atoms with Crippen molar-refractivity contribution in [3.8, 4) is 0 Å². The summed E-state index contributed by atoms with van der Waals surface area (Å²) >= 11 is 6.34. The third-order valence-electron chi connectivity index (χ3n) is 4.32. The maximum absolute atomic E-state index is 12.5. The van der Waals surface area contributed by atoms with Crippen LogP contribution in [0.1, 0.15) is 36.6 Å². The molecule has 2 heterocycles. The van der Waals surface area contributed by atoms with Crippen molar-refractivity contribution in [2.45, 2.75) is 39.4 Å². The van der Waals surface area contributed by atoms with Crippen LogP contribution >= 0.6 is 11.6 Å². The van der Waals surface area contributed by atoms with Gasteiger partial charge in [0, 0.05) is 24.7 Å². The van der Waals surface area contributed by atoms with Gasteiger partial charge < -0.3 is 9.88 Å². The molecule has 1 saturated heterocycles. The highest BCUT2D eigenvalue weighted by Gasteiger charge is 2.33. The van der Waals surface area contributed by atoms with Crippen LogP contribution in [0.25, 0.3) is 0 Å². The molecule has 24 heavy (non-hydrogen) atoms. The Morgan fingerprint density at radius 2 is 2.12 bits per heavy atom. The Labute approximate surface area is 146 Å². The van der Waals surface area contributed by atoms with Crippen LogP contribution in [0.2, 0.25) is 5.02 Å². The van der Waals surface area contributed by atoms with Crippen molar-refractivity contribution >= 4 is 17.5 Å². The number of nitrogens with zero attached hydrogens (tertiary/aromatic N) is 4. The fourth-order valence-electron chi connectivity index (χ4n) is 3.16. The van der Waals surface area contributed by atoms with Crippen molar-refractivity contribution in [1.82, 2.24) is 25.0 Å². The van der Waals surface area contributed by atoms with Gasteiger partial charge in [0.1, 0.15) is 17.7 Å². The number of benzene rings is 1. The topological polar surface area (TPSA) is 63.1 Å². The fourth-order valence-corrected chi connectivity index (χ4v) is 3.40. The molecule has 1 aliphatic rings. The lowest BCUT2D eigenvalue weighted by atomic mass is 10.0. The lowest BCUT2D eigenvalue weighted by Gasteiger charge is -2.35. The Morgan fingerprint density at radius 1 is 1.33 bits per heavy atom. The van der Waals surface area contributed by atoms with Crippen LogP contribution in [-0.4, -0.2) is 38.7 Å². The van der Waals surface area contributed by atoms with Crippen molar-refractivity contribution < 1.29 is 4.79 Å². The molecule has 3 rings (SSSR count). The molecule has 1 N–H and O–H groups in total. The predicted molar refractivity (Wildman–Crippen MR) is 92.7 cm³/mol. The Morgan fingerprint density at radius 3 is 2.88 bits per heavy atom. The van der Waals surface area contributed by atoms with E-state index in [2.05, 4.69) is 31.9 Å². The minimum atomic E-state index is -0.403. The standard InChI is InChI=1S/C17H22ClN5O/c1-3-9-23-12(2)20-21-15(23)11-22-10-8-19-17(24)16(22)13-6-4-5-7-14(13)18/h4-7,16H,3,8-11H2,1-2H3,(H,19,24)/t16-/m1/s1. The van der Waals surface area contributed by atoms with Gasteiger partial charge in [0.25, 0.3) is 0 Å². The molecular weight excluding hydrogens is 326 g/mol. The molecule has 7 heteroatoms. The van der Waals surface area contributed by atoms with Gasteiger partial charge in [-0.1, -0.05) is 36.7 Å². The van der Waals surface area contributed by atoms with Crippen LogP contribution in [0.5, 0.6) is 0 Å². The van der Waals surface area contributed by atoms with Crippen molar-refractivity contribution in [2.75, 3.05) is 13.1 Å². The van der Waals surface area contributed by atoms with Gasteiger partial charge >= 0.3 is 0 Å². The molecule has 1 aromatic carbocycles. The first-order chi connectivity index (χ1) is 11.6. The number of hydrogen-bond acceptors (Lipinski definition) is 4. The molecule has 1 aromatic heterocycles. The van der Waals surface area contributed by atoms with Crippen molar-refractivity contribution in [3.63, 3.8) is 0 Å². The van der Waals surface area contributed by atoms with E-state index in [1.165, 1.54) is 0 Å². The predicted octanol–water partition coefficient (Wildman–Crippen LogP) is 2.32. The van der Waals surface area contributed by atoms with E-state index in [1.807, 2.05) is 31.2 Å². The molecular formula is C17H22ClN5O. The first kappa shape index (κ1) is 16.9. The molecule has 0 unspecified atom stereocenters. The minimum Gasteiger partial charge on any atom is -0.353 e. The lowest BCUT2D eigenvalue weighted by Crippen LogP contribution is -2.49. The molecule has 1 aliphatic heterocycles. The highest BCUT2D eigenvalue weighted by molar-refractivity contribution is 6.31. The zero-order valence-electron chi connectivity index (χ0n) is 14.0. The maximum atomic E-state index is 12.5. The van der Waals surface area contributed by atoms with E-state index >= 15 is 0 Å². The molecule has 6 nitrogen and oxygen atoms in total. The number of amides is 1. The van der Waals surface area contributed by atoms with Crippen LogP contribution < -0.4 is 5.32 Å². The van der Waals surface area contributed by atoms with E-state index < -0.39 is 6.04 Å². The highest BCUT2D eigenvalue weighted by atomic mass is 35.5. The van der Waals surface area contributed by atoms with Crippen LogP contribution in [0.3, 0.4) is 0 Å². The average Bonchev–Trinajstić information content (AvgIpc) is 2.90. The van der Waals surface area contributed by atoms with Gasteiger partial charge in [-0.15, -0.1) is 10.2 Å². The zero-order chi connectivity index (χ0) is 17.1. The number of hydrogen-bond donors (Lipinski definition) is 1. The Kier molecular flexibility index (Phi) is 5.16. The molecule has 1 atom stereocenters. The Bertz CT molecular complexity index is 730. The van der Waals surface area contributed by atoms with Crippen LogP contribution in [0, 0.1) is 6.92 Å². The lowest BCUT2D eigenvalue weighted by molar-refractivity contribution is -0.129. The van der Waals surface area contributed by atoms with Gasteiger partial charge in [-0.2, -0.15) is 0 Å². The van der Waals surface area contributed by atoms with Gasteiger partial charge in [-0.25, -0.2) is 0 Å². The van der Waals surface area contributed by atoms with E-state index in [0.717, 1.165) is 36.7 Å². The van der Waals surface area contributed by atoms with Gasteiger partial charge in [0.2, 0.25) is 5.91 Å². The summed E-state index contributed by atoms with van der Waals surface area (Å²) in [5.74, 6) is 1.77. The summed E-state index contributed by atoms with van der Waals surface area (Å²) < 4.78 is 2.12.